The van der Waals surface area contributed by atoms with Gasteiger partial charge in [-0.05, 0) is 25.7 Å². The molecule has 1 aromatic heterocycles. The summed E-state index contributed by atoms with van der Waals surface area (Å²) >= 11 is 1.73. The smallest absolute Gasteiger partial charge is 0.0953 e. The molecule has 0 unspecified atom stereocenters. The fourth-order valence-electron chi connectivity index (χ4n) is 2.15. The fraction of sp³-hybridized carbons (Fsp3) is 0.750. The van der Waals surface area contributed by atoms with E-state index < -0.39 is 0 Å². The maximum absolute atomic E-state index is 9.51. The van der Waals surface area contributed by atoms with Crippen molar-refractivity contribution in [1.29, 1.82) is 0 Å². The molecule has 90 valence electrons. The van der Waals surface area contributed by atoms with E-state index in [0.29, 0.717) is 5.92 Å². The first-order valence-electron chi connectivity index (χ1n) is 5.94. The second-order valence-corrected chi connectivity index (χ2v) is 6.17. The van der Waals surface area contributed by atoms with E-state index in [9.17, 15) is 5.11 Å². The zero-order valence-electron chi connectivity index (χ0n) is 9.94. The van der Waals surface area contributed by atoms with Gasteiger partial charge in [0, 0.05) is 17.0 Å². The van der Waals surface area contributed by atoms with Gasteiger partial charge in [-0.2, -0.15) is 0 Å². The Morgan fingerprint density at radius 1 is 1.50 bits per heavy atom. The van der Waals surface area contributed by atoms with E-state index in [1.165, 1.54) is 4.88 Å². The summed E-state index contributed by atoms with van der Waals surface area (Å²) in [6, 6.07) is 0. The quantitative estimate of drug-likeness (QED) is 0.834. The summed E-state index contributed by atoms with van der Waals surface area (Å²) in [6.07, 6.45) is 5.13. The van der Waals surface area contributed by atoms with E-state index in [4.69, 9.17) is 5.73 Å². The Labute approximate surface area is 101 Å². The molecule has 0 bridgehead atoms. The van der Waals surface area contributed by atoms with Crippen LogP contribution in [0.5, 0.6) is 0 Å². The third-order valence-corrected chi connectivity index (χ3v) is 4.87. The van der Waals surface area contributed by atoms with Crippen molar-refractivity contribution >= 4 is 11.3 Å². The molecule has 1 aliphatic carbocycles. The summed E-state index contributed by atoms with van der Waals surface area (Å²) in [5.74, 6) is 0.469. The van der Waals surface area contributed by atoms with Crippen molar-refractivity contribution in [3.05, 3.63) is 16.1 Å². The molecule has 0 spiro atoms. The van der Waals surface area contributed by atoms with Crippen LogP contribution in [0.4, 0.5) is 0 Å². The number of hydrogen-bond donors (Lipinski definition) is 2. The van der Waals surface area contributed by atoms with Crippen LogP contribution in [0.3, 0.4) is 0 Å². The highest BCUT2D eigenvalue weighted by Gasteiger charge is 2.34. The predicted octanol–water partition coefficient (Wildman–Crippen LogP) is 2.36. The Kier molecular flexibility index (Phi) is 3.33. The van der Waals surface area contributed by atoms with Crippen molar-refractivity contribution in [3.63, 3.8) is 0 Å². The van der Waals surface area contributed by atoms with E-state index in [0.717, 1.165) is 30.7 Å². The summed E-state index contributed by atoms with van der Waals surface area (Å²) in [4.78, 5) is 5.61. The van der Waals surface area contributed by atoms with Gasteiger partial charge in [0.2, 0.25) is 0 Å². The molecule has 16 heavy (non-hydrogen) atoms. The van der Waals surface area contributed by atoms with E-state index >= 15 is 0 Å². The minimum atomic E-state index is -0.246. The van der Waals surface area contributed by atoms with Crippen LogP contribution in [-0.2, 0) is 5.54 Å². The molecule has 1 aromatic rings. The zero-order chi connectivity index (χ0) is 11.8. The standard InChI is InChI=1S/C12H20N2OS/c1-8(2)11-14-7-10(16-11)12(13)5-3-9(15)4-6-12/h7-9,15H,3-6,13H2,1-2H3. The lowest BCUT2D eigenvalue weighted by molar-refractivity contribution is 0.0979. The molecule has 3 N–H and O–H groups in total. The van der Waals surface area contributed by atoms with Gasteiger partial charge in [-0.1, -0.05) is 13.8 Å². The van der Waals surface area contributed by atoms with Crippen LogP contribution < -0.4 is 5.73 Å². The number of aromatic nitrogens is 1. The normalized spacial score (nSPS) is 30.9. The highest BCUT2D eigenvalue weighted by atomic mass is 32.1. The average molecular weight is 240 g/mol. The first-order valence-corrected chi connectivity index (χ1v) is 6.76. The lowest BCUT2D eigenvalue weighted by atomic mass is 9.80. The minimum Gasteiger partial charge on any atom is -0.393 e. The number of aliphatic hydroxyl groups excluding tert-OH is 1. The number of aliphatic hydroxyl groups is 1. The molecule has 0 radical (unpaired) electrons. The third kappa shape index (κ3) is 2.29. The van der Waals surface area contributed by atoms with Gasteiger partial charge in [0.15, 0.2) is 0 Å². The number of thiazole rings is 1. The zero-order valence-corrected chi connectivity index (χ0v) is 10.8. The van der Waals surface area contributed by atoms with Crippen molar-refractivity contribution in [1.82, 2.24) is 4.98 Å². The highest BCUT2D eigenvalue weighted by Crippen LogP contribution is 2.38. The van der Waals surface area contributed by atoms with Crippen LogP contribution in [0.2, 0.25) is 0 Å². The van der Waals surface area contributed by atoms with E-state index in [-0.39, 0.29) is 11.6 Å². The molecule has 1 fully saturated rings. The first-order chi connectivity index (χ1) is 7.51. The highest BCUT2D eigenvalue weighted by molar-refractivity contribution is 7.11. The van der Waals surface area contributed by atoms with Gasteiger partial charge in [0.1, 0.15) is 0 Å². The molecule has 0 amide bonds. The Hall–Kier alpha value is -0.450. The predicted molar refractivity (Wildman–Crippen MR) is 66.5 cm³/mol. The van der Waals surface area contributed by atoms with Gasteiger partial charge >= 0.3 is 0 Å². The molecule has 3 nitrogen and oxygen atoms in total. The summed E-state index contributed by atoms with van der Waals surface area (Å²) in [6.45, 7) is 4.30. The van der Waals surface area contributed by atoms with Gasteiger partial charge < -0.3 is 10.8 Å². The van der Waals surface area contributed by atoms with Crippen molar-refractivity contribution < 1.29 is 5.11 Å². The van der Waals surface area contributed by atoms with E-state index in [1.807, 2.05) is 6.20 Å². The number of nitrogens with two attached hydrogens (primary N) is 1. The molecule has 1 heterocycles. The van der Waals surface area contributed by atoms with Crippen molar-refractivity contribution in [2.75, 3.05) is 0 Å². The van der Waals surface area contributed by atoms with Crippen LogP contribution in [0.25, 0.3) is 0 Å². The van der Waals surface area contributed by atoms with Crippen molar-refractivity contribution in [2.45, 2.75) is 57.1 Å². The molecule has 0 aliphatic heterocycles. The second-order valence-electron chi connectivity index (χ2n) is 5.10. The Morgan fingerprint density at radius 2 is 2.12 bits per heavy atom. The average Bonchev–Trinajstić information content (AvgIpc) is 2.72. The Bertz CT molecular complexity index is 354. The van der Waals surface area contributed by atoms with Gasteiger partial charge in [-0.3, -0.25) is 0 Å². The number of nitrogens with zero attached hydrogens (tertiary/aromatic N) is 1. The largest absolute Gasteiger partial charge is 0.393 e. The Morgan fingerprint density at radius 3 is 2.62 bits per heavy atom. The molecular weight excluding hydrogens is 220 g/mol. The summed E-state index contributed by atoms with van der Waals surface area (Å²) < 4.78 is 0. The lowest BCUT2D eigenvalue weighted by Gasteiger charge is -2.34. The first kappa shape index (κ1) is 12.0. The van der Waals surface area contributed by atoms with Crippen molar-refractivity contribution in [3.8, 4) is 0 Å². The van der Waals surface area contributed by atoms with Crippen LogP contribution >= 0.6 is 11.3 Å². The van der Waals surface area contributed by atoms with Crippen molar-refractivity contribution in [2.24, 2.45) is 5.73 Å². The molecule has 0 aromatic carbocycles. The maximum atomic E-state index is 9.51. The molecule has 0 atom stereocenters. The van der Waals surface area contributed by atoms with Crippen LogP contribution in [0.1, 0.15) is 55.3 Å². The number of hydrogen-bond acceptors (Lipinski definition) is 4. The maximum Gasteiger partial charge on any atom is 0.0953 e. The van der Waals surface area contributed by atoms with Gasteiger partial charge in [-0.25, -0.2) is 4.98 Å². The molecule has 1 saturated carbocycles. The summed E-state index contributed by atoms with van der Waals surface area (Å²) in [5.41, 5.74) is 6.17. The van der Waals surface area contributed by atoms with Crippen LogP contribution in [0.15, 0.2) is 6.20 Å². The SMILES string of the molecule is CC(C)c1ncc(C2(N)CCC(O)CC2)s1. The molecule has 4 heteroatoms. The van der Waals surface area contributed by atoms with E-state index in [2.05, 4.69) is 18.8 Å². The second kappa shape index (κ2) is 4.43. The van der Waals surface area contributed by atoms with Gasteiger partial charge in [-0.15, -0.1) is 11.3 Å². The topological polar surface area (TPSA) is 59.1 Å². The lowest BCUT2D eigenvalue weighted by Crippen LogP contribution is -2.40. The fourth-order valence-corrected chi connectivity index (χ4v) is 3.23. The van der Waals surface area contributed by atoms with Crippen LogP contribution in [0, 0.1) is 0 Å². The monoisotopic (exact) mass is 240 g/mol. The van der Waals surface area contributed by atoms with Gasteiger partial charge in [0.25, 0.3) is 0 Å². The van der Waals surface area contributed by atoms with E-state index in [1.54, 1.807) is 11.3 Å². The summed E-state index contributed by atoms with van der Waals surface area (Å²) in [7, 11) is 0. The molecule has 2 rings (SSSR count). The third-order valence-electron chi connectivity index (χ3n) is 3.36. The summed E-state index contributed by atoms with van der Waals surface area (Å²) in [5, 5.41) is 10.7. The van der Waals surface area contributed by atoms with Gasteiger partial charge in [0.05, 0.1) is 16.7 Å². The minimum absolute atomic E-state index is 0.158. The molecule has 0 saturated heterocycles. The molecular formula is C12H20N2OS. The molecule has 1 aliphatic rings. The van der Waals surface area contributed by atoms with Crippen LogP contribution in [-0.4, -0.2) is 16.2 Å². The Balaban J connectivity index is 2.16. The number of rotatable bonds is 2.